The lowest BCUT2D eigenvalue weighted by Crippen LogP contribution is -2.33. The molecule has 1 aromatic carbocycles. The third kappa shape index (κ3) is 6.20. The van der Waals surface area contributed by atoms with E-state index in [4.69, 9.17) is 0 Å². The lowest BCUT2D eigenvalue weighted by molar-refractivity contribution is 0.102. The van der Waals surface area contributed by atoms with Crippen LogP contribution in [0.15, 0.2) is 73.3 Å². The van der Waals surface area contributed by atoms with Gasteiger partial charge < -0.3 is 15.5 Å². The molecule has 4 aromatic rings. The SMILES string of the molecule is CCCN1CCC(c2ccc(NC(=O)c3cnc(C)c(Nc4nccc(-c5cccnc5)n4)c3)cc2)CC1. The molecule has 5 rings (SSSR count). The van der Waals surface area contributed by atoms with Gasteiger partial charge in [-0.05, 0) is 93.7 Å². The molecule has 0 radical (unpaired) electrons. The van der Waals surface area contributed by atoms with Crippen molar-refractivity contribution in [1.82, 2.24) is 24.8 Å². The van der Waals surface area contributed by atoms with Crippen LogP contribution in [-0.2, 0) is 0 Å². The van der Waals surface area contributed by atoms with Crippen LogP contribution in [0.4, 0.5) is 17.3 Å². The van der Waals surface area contributed by atoms with E-state index in [1.165, 1.54) is 31.4 Å². The summed E-state index contributed by atoms with van der Waals surface area (Å²) < 4.78 is 0. The van der Waals surface area contributed by atoms with E-state index in [-0.39, 0.29) is 5.91 Å². The second kappa shape index (κ2) is 11.9. The molecule has 1 amide bonds. The normalized spacial score (nSPS) is 14.3. The number of anilines is 3. The van der Waals surface area contributed by atoms with E-state index in [2.05, 4.69) is 54.5 Å². The molecule has 0 saturated carbocycles. The first kappa shape index (κ1) is 25.5. The molecule has 0 atom stereocenters. The largest absolute Gasteiger partial charge is 0.323 e. The minimum absolute atomic E-state index is 0.216. The van der Waals surface area contributed by atoms with E-state index in [9.17, 15) is 4.79 Å². The smallest absolute Gasteiger partial charge is 0.257 e. The zero-order valence-electron chi connectivity index (χ0n) is 21.9. The highest BCUT2D eigenvalue weighted by molar-refractivity contribution is 6.04. The monoisotopic (exact) mass is 507 g/mol. The fourth-order valence-electron chi connectivity index (χ4n) is 4.85. The summed E-state index contributed by atoms with van der Waals surface area (Å²) in [7, 11) is 0. The van der Waals surface area contributed by atoms with E-state index in [0.29, 0.717) is 23.1 Å². The minimum atomic E-state index is -0.216. The quantitative estimate of drug-likeness (QED) is 0.310. The number of hydrogen-bond donors (Lipinski definition) is 2. The summed E-state index contributed by atoms with van der Waals surface area (Å²) in [5, 5.41) is 6.21. The Balaban J connectivity index is 1.24. The molecule has 194 valence electrons. The zero-order valence-corrected chi connectivity index (χ0v) is 21.9. The van der Waals surface area contributed by atoms with Crippen molar-refractivity contribution in [3.05, 3.63) is 90.1 Å². The van der Waals surface area contributed by atoms with Crippen molar-refractivity contribution in [3.63, 3.8) is 0 Å². The zero-order chi connectivity index (χ0) is 26.3. The first-order valence-electron chi connectivity index (χ1n) is 13.2. The summed E-state index contributed by atoms with van der Waals surface area (Å²) in [5.74, 6) is 0.790. The van der Waals surface area contributed by atoms with Gasteiger partial charge in [0.25, 0.3) is 5.91 Å². The van der Waals surface area contributed by atoms with Crippen LogP contribution in [-0.4, -0.2) is 50.4 Å². The van der Waals surface area contributed by atoms with Crippen molar-refractivity contribution >= 4 is 23.2 Å². The number of piperidine rings is 1. The Kier molecular flexibility index (Phi) is 7.99. The van der Waals surface area contributed by atoms with Gasteiger partial charge in [-0.15, -0.1) is 0 Å². The van der Waals surface area contributed by atoms with E-state index in [1.54, 1.807) is 30.9 Å². The van der Waals surface area contributed by atoms with Crippen LogP contribution in [0.5, 0.6) is 0 Å². The Labute approximate surface area is 223 Å². The highest BCUT2D eigenvalue weighted by Gasteiger charge is 2.20. The fourth-order valence-corrected chi connectivity index (χ4v) is 4.85. The van der Waals surface area contributed by atoms with Gasteiger partial charge in [-0.25, -0.2) is 9.97 Å². The molecule has 0 unspecified atom stereocenters. The number of amides is 1. The number of carbonyl (C=O) groups is 1. The summed E-state index contributed by atoms with van der Waals surface area (Å²) in [5.41, 5.74) is 5.63. The van der Waals surface area contributed by atoms with Crippen molar-refractivity contribution < 1.29 is 4.79 Å². The van der Waals surface area contributed by atoms with Crippen molar-refractivity contribution in [3.8, 4) is 11.3 Å². The molecule has 8 heteroatoms. The summed E-state index contributed by atoms with van der Waals surface area (Å²) in [4.78, 5) is 33.1. The van der Waals surface area contributed by atoms with Crippen molar-refractivity contribution in [1.29, 1.82) is 0 Å². The lowest BCUT2D eigenvalue weighted by atomic mass is 9.89. The third-order valence-corrected chi connectivity index (χ3v) is 6.98. The highest BCUT2D eigenvalue weighted by atomic mass is 16.1. The molecule has 0 spiro atoms. The Morgan fingerprint density at radius 3 is 2.58 bits per heavy atom. The predicted octanol–water partition coefficient (Wildman–Crippen LogP) is 5.83. The Bertz CT molecular complexity index is 1370. The number of aryl methyl sites for hydroxylation is 1. The highest BCUT2D eigenvalue weighted by Crippen LogP contribution is 2.29. The molecule has 4 heterocycles. The maximum atomic E-state index is 13.0. The minimum Gasteiger partial charge on any atom is -0.323 e. The van der Waals surface area contributed by atoms with Gasteiger partial charge in [-0.3, -0.25) is 14.8 Å². The number of nitrogens with one attached hydrogen (secondary N) is 2. The topological polar surface area (TPSA) is 95.9 Å². The molecule has 3 aromatic heterocycles. The number of nitrogens with zero attached hydrogens (tertiary/aromatic N) is 5. The van der Waals surface area contributed by atoms with Gasteiger partial charge in [-0.2, -0.15) is 0 Å². The maximum Gasteiger partial charge on any atom is 0.257 e. The number of aromatic nitrogens is 4. The van der Waals surface area contributed by atoms with Crippen LogP contribution in [0.25, 0.3) is 11.3 Å². The second-order valence-electron chi connectivity index (χ2n) is 9.68. The average Bonchev–Trinajstić information content (AvgIpc) is 2.96. The molecule has 1 saturated heterocycles. The predicted molar refractivity (Wildman–Crippen MR) is 151 cm³/mol. The summed E-state index contributed by atoms with van der Waals surface area (Å²) in [6.45, 7) is 7.62. The summed E-state index contributed by atoms with van der Waals surface area (Å²) in [6.07, 6.45) is 10.3. The Hall–Kier alpha value is -4.17. The van der Waals surface area contributed by atoms with Gasteiger partial charge in [-0.1, -0.05) is 19.1 Å². The second-order valence-corrected chi connectivity index (χ2v) is 9.68. The molecule has 38 heavy (non-hydrogen) atoms. The van der Waals surface area contributed by atoms with Crippen molar-refractivity contribution in [2.24, 2.45) is 0 Å². The van der Waals surface area contributed by atoms with E-state index in [1.807, 2.05) is 37.3 Å². The number of likely N-dealkylation sites (tertiary alicyclic amines) is 1. The molecular formula is C30H33N7O. The van der Waals surface area contributed by atoms with Gasteiger partial charge in [0.15, 0.2) is 0 Å². The molecule has 1 aliphatic rings. The number of pyridine rings is 2. The molecule has 8 nitrogen and oxygen atoms in total. The first-order chi connectivity index (χ1) is 18.6. The number of benzene rings is 1. The van der Waals surface area contributed by atoms with Gasteiger partial charge >= 0.3 is 0 Å². The van der Waals surface area contributed by atoms with Crippen LogP contribution in [0.1, 0.15) is 53.7 Å². The third-order valence-electron chi connectivity index (χ3n) is 6.98. The lowest BCUT2D eigenvalue weighted by Gasteiger charge is -2.32. The molecule has 2 N–H and O–H groups in total. The maximum absolute atomic E-state index is 13.0. The first-order valence-corrected chi connectivity index (χ1v) is 13.2. The molecule has 1 fully saturated rings. The van der Waals surface area contributed by atoms with Crippen LogP contribution in [0, 0.1) is 6.92 Å². The van der Waals surface area contributed by atoms with Gasteiger partial charge in [0.1, 0.15) is 0 Å². The molecular weight excluding hydrogens is 474 g/mol. The van der Waals surface area contributed by atoms with E-state index < -0.39 is 0 Å². The van der Waals surface area contributed by atoms with Gasteiger partial charge in [0.2, 0.25) is 5.95 Å². The fraction of sp³-hybridized carbons (Fsp3) is 0.300. The average molecular weight is 508 g/mol. The van der Waals surface area contributed by atoms with Crippen molar-refractivity contribution in [2.45, 2.75) is 39.0 Å². The standard InChI is InChI=1S/C30H33N7O/c1-3-15-37-16-11-23(12-17-37)22-6-8-26(9-7-22)34-29(38)25-18-28(21(2)33-20-25)36-30-32-14-10-27(35-30)24-5-4-13-31-19-24/h4-10,13-14,18-20,23H,3,11-12,15-17H2,1-2H3,(H,34,38)(H,32,35,36). The van der Waals surface area contributed by atoms with Crippen LogP contribution < -0.4 is 10.6 Å². The van der Waals surface area contributed by atoms with Gasteiger partial charge in [0, 0.05) is 36.0 Å². The van der Waals surface area contributed by atoms with Crippen molar-refractivity contribution in [2.75, 3.05) is 30.3 Å². The molecule has 0 aliphatic carbocycles. The molecule has 0 bridgehead atoms. The summed E-state index contributed by atoms with van der Waals surface area (Å²) in [6, 6.07) is 15.7. The van der Waals surface area contributed by atoms with Crippen LogP contribution in [0.2, 0.25) is 0 Å². The Morgan fingerprint density at radius 2 is 1.84 bits per heavy atom. The number of carbonyl (C=O) groups excluding carboxylic acids is 1. The molecule has 1 aliphatic heterocycles. The van der Waals surface area contributed by atoms with E-state index >= 15 is 0 Å². The van der Waals surface area contributed by atoms with E-state index in [0.717, 1.165) is 35.7 Å². The Morgan fingerprint density at radius 1 is 1.03 bits per heavy atom. The van der Waals surface area contributed by atoms with Crippen LogP contribution in [0.3, 0.4) is 0 Å². The number of rotatable bonds is 8. The van der Waals surface area contributed by atoms with Gasteiger partial charge in [0.05, 0.1) is 22.6 Å². The van der Waals surface area contributed by atoms with Crippen LogP contribution >= 0.6 is 0 Å². The summed E-state index contributed by atoms with van der Waals surface area (Å²) >= 11 is 0. The number of hydrogen-bond acceptors (Lipinski definition) is 7.